The molecular formula is C11H25N3O2. The molecule has 0 aromatic rings. The Bertz CT molecular complexity index is 200. The predicted octanol–water partition coefficient (Wildman–Crippen LogP) is -0.193. The van der Waals surface area contributed by atoms with E-state index in [1.165, 1.54) is 0 Å². The molecule has 0 aliphatic carbocycles. The van der Waals surface area contributed by atoms with Crippen LogP contribution in [0, 0.1) is 0 Å². The minimum Gasteiger partial charge on any atom is -0.385 e. The van der Waals surface area contributed by atoms with Gasteiger partial charge < -0.3 is 15.8 Å². The molecule has 0 spiro atoms. The first-order chi connectivity index (χ1) is 7.54. The quantitative estimate of drug-likeness (QED) is 0.568. The Morgan fingerprint density at radius 2 is 2.12 bits per heavy atom. The van der Waals surface area contributed by atoms with Crippen LogP contribution in [-0.4, -0.2) is 56.7 Å². The molecule has 0 saturated heterocycles. The average molecular weight is 231 g/mol. The molecule has 0 aliphatic rings. The van der Waals surface area contributed by atoms with E-state index in [-0.39, 0.29) is 18.0 Å². The Morgan fingerprint density at radius 3 is 2.62 bits per heavy atom. The Morgan fingerprint density at radius 1 is 1.50 bits per heavy atom. The zero-order valence-corrected chi connectivity index (χ0v) is 10.8. The summed E-state index contributed by atoms with van der Waals surface area (Å²) in [6.45, 7) is 5.77. The monoisotopic (exact) mass is 231 g/mol. The second kappa shape index (κ2) is 8.50. The van der Waals surface area contributed by atoms with Gasteiger partial charge in [-0.15, -0.1) is 0 Å². The van der Waals surface area contributed by atoms with E-state index in [9.17, 15) is 4.79 Å². The van der Waals surface area contributed by atoms with Crippen LogP contribution in [0.25, 0.3) is 0 Å². The van der Waals surface area contributed by atoms with Gasteiger partial charge in [-0.1, -0.05) is 0 Å². The first-order valence-corrected chi connectivity index (χ1v) is 5.73. The van der Waals surface area contributed by atoms with Gasteiger partial charge in [0.2, 0.25) is 5.91 Å². The van der Waals surface area contributed by atoms with Crippen molar-refractivity contribution in [1.82, 2.24) is 10.2 Å². The van der Waals surface area contributed by atoms with E-state index < -0.39 is 0 Å². The minimum absolute atomic E-state index is 0.0407. The molecule has 5 heteroatoms. The first-order valence-electron chi connectivity index (χ1n) is 5.73. The summed E-state index contributed by atoms with van der Waals surface area (Å²) in [6, 6.07) is 0.0563. The topological polar surface area (TPSA) is 67.6 Å². The van der Waals surface area contributed by atoms with Crippen LogP contribution in [0.5, 0.6) is 0 Å². The standard InChI is InChI=1S/C11H25N3O2/c1-9(8-12)14(3)10(2)11(15)13-6-5-7-16-4/h9-10H,5-8,12H2,1-4H3,(H,13,15). The van der Waals surface area contributed by atoms with Crippen LogP contribution in [-0.2, 0) is 9.53 Å². The van der Waals surface area contributed by atoms with Gasteiger partial charge in [0.1, 0.15) is 0 Å². The van der Waals surface area contributed by atoms with Crippen LogP contribution in [0.15, 0.2) is 0 Å². The van der Waals surface area contributed by atoms with Crippen molar-refractivity contribution >= 4 is 5.91 Å². The molecule has 0 aromatic heterocycles. The molecule has 0 saturated carbocycles. The van der Waals surface area contributed by atoms with E-state index in [1.54, 1.807) is 7.11 Å². The summed E-state index contributed by atoms with van der Waals surface area (Å²) in [5, 5.41) is 2.88. The summed E-state index contributed by atoms with van der Waals surface area (Å²) in [5.41, 5.74) is 5.56. The fourth-order valence-corrected chi connectivity index (χ4v) is 1.31. The number of hydrogen-bond acceptors (Lipinski definition) is 4. The minimum atomic E-state index is -0.152. The molecule has 0 aromatic carbocycles. The summed E-state index contributed by atoms with van der Waals surface area (Å²) >= 11 is 0. The zero-order valence-electron chi connectivity index (χ0n) is 10.8. The van der Waals surface area contributed by atoms with Gasteiger partial charge >= 0.3 is 0 Å². The van der Waals surface area contributed by atoms with Crippen LogP contribution >= 0.6 is 0 Å². The maximum Gasteiger partial charge on any atom is 0.237 e. The Labute approximate surface area is 98.3 Å². The maximum absolute atomic E-state index is 11.7. The number of hydrogen-bond donors (Lipinski definition) is 2. The maximum atomic E-state index is 11.7. The summed E-state index contributed by atoms with van der Waals surface area (Å²) < 4.78 is 4.91. The summed E-state index contributed by atoms with van der Waals surface area (Å²) in [6.07, 6.45) is 0.838. The van der Waals surface area contributed by atoms with Crippen molar-refractivity contribution in [3.05, 3.63) is 0 Å². The van der Waals surface area contributed by atoms with Crippen LogP contribution in [0.1, 0.15) is 20.3 Å². The molecule has 2 atom stereocenters. The highest BCUT2D eigenvalue weighted by Gasteiger charge is 2.20. The lowest BCUT2D eigenvalue weighted by atomic mass is 10.2. The summed E-state index contributed by atoms with van der Waals surface area (Å²) in [4.78, 5) is 13.7. The van der Waals surface area contributed by atoms with Crippen molar-refractivity contribution in [2.24, 2.45) is 5.73 Å². The number of nitrogens with two attached hydrogens (primary N) is 1. The average Bonchev–Trinajstić information content (AvgIpc) is 2.31. The molecule has 0 fully saturated rings. The van der Waals surface area contributed by atoms with Crippen molar-refractivity contribution in [2.45, 2.75) is 32.4 Å². The normalized spacial score (nSPS) is 14.9. The lowest BCUT2D eigenvalue weighted by Gasteiger charge is -2.29. The number of carbonyl (C=O) groups is 1. The van der Waals surface area contributed by atoms with Crippen LogP contribution < -0.4 is 11.1 Å². The van der Waals surface area contributed by atoms with Crippen molar-refractivity contribution in [3.63, 3.8) is 0 Å². The van der Waals surface area contributed by atoms with Crippen molar-refractivity contribution in [1.29, 1.82) is 0 Å². The fraction of sp³-hybridized carbons (Fsp3) is 0.909. The molecule has 0 radical (unpaired) electrons. The van der Waals surface area contributed by atoms with Crippen molar-refractivity contribution in [3.8, 4) is 0 Å². The second-order valence-corrected chi connectivity index (χ2v) is 4.06. The Hall–Kier alpha value is -0.650. The van der Waals surface area contributed by atoms with Crippen LogP contribution in [0.3, 0.4) is 0 Å². The predicted molar refractivity (Wildman–Crippen MR) is 65.2 cm³/mol. The van der Waals surface area contributed by atoms with Gasteiger partial charge in [0.15, 0.2) is 0 Å². The molecule has 2 unspecified atom stereocenters. The SMILES string of the molecule is COCCCNC(=O)C(C)N(C)C(C)CN. The number of methoxy groups -OCH3 is 1. The largest absolute Gasteiger partial charge is 0.385 e. The lowest BCUT2D eigenvalue weighted by molar-refractivity contribution is -0.126. The molecule has 96 valence electrons. The molecule has 0 heterocycles. The Balaban J connectivity index is 3.88. The van der Waals surface area contributed by atoms with Gasteiger partial charge in [0, 0.05) is 32.8 Å². The van der Waals surface area contributed by atoms with Crippen LogP contribution in [0.2, 0.25) is 0 Å². The molecule has 0 rings (SSSR count). The molecule has 5 nitrogen and oxygen atoms in total. The highest BCUT2D eigenvalue weighted by atomic mass is 16.5. The van der Waals surface area contributed by atoms with E-state index in [1.807, 2.05) is 25.8 Å². The number of amides is 1. The lowest BCUT2D eigenvalue weighted by Crippen LogP contribution is -2.49. The first kappa shape index (κ1) is 15.3. The third-order valence-corrected chi connectivity index (χ3v) is 2.85. The van der Waals surface area contributed by atoms with Gasteiger partial charge in [0.05, 0.1) is 6.04 Å². The highest BCUT2D eigenvalue weighted by molar-refractivity contribution is 5.81. The number of nitrogens with zero attached hydrogens (tertiary/aromatic N) is 1. The van der Waals surface area contributed by atoms with E-state index in [0.717, 1.165) is 6.42 Å². The van der Waals surface area contributed by atoms with Gasteiger partial charge in [-0.3, -0.25) is 9.69 Å². The summed E-state index contributed by atoms with van der Waals surface area (Å²) in [5.74, 6) is 0.0407. The molecule has 1 amide bonds. The third-order valence-electron chi connectivity index (χ3n) is 2.85. The summed E-state index contributed by atoms with van der Waals surface area (Å²) in [7, 11) is 3.57. The second-order valence-electron chi connectivity index (χ2n) is 4.06. The van der Waals surface area contributed by atoms with Crippen molar-refractivity contribution in [2.75, 3.05) is 33.9 Å². The number of likely N-dealkylation sites (N-methyl/N-ethyl adjacent to an activating group) is 1. The molecule has 16 heavy (non-hydrogen) atoms. The number of ether oxygens (including phenoxy) is 1. The van der Waals surface area contributed by atoms with E-state index in [0.29, 0.717) is 19.7 Å². The van der Waals surface area contributed by atoms with Gasteiger partial charge in [-0.05, 0) is 27.3 Å². The van der Waals surface area contributed by atoms with E-state index >= 15 is 0 Å². The number of carbonyl (C=O) groups excluding carboxylic acids is 1. The fourth-order valence-electron chi connectivity index (χ4n) is 1.31. The van der Waals surface area contributed by atoms with Gasteiger partial charge in [0.25, 0.3) is 0 Å². The van der Waals surface area contributed by atoms with E-state index in [2.05, 4.69) is 5.32 Å². The molecule has 0 bridgehead atoms. The smallest absolute Gasteiger partial charge is 0.237 e. The van der Waals surface area contributed by atoms with E-state index in [4.69, 9.17) is 10.5 Å². The third kappa shape index (κ3) is 5.44. The van der Waals surface area contributed by atoms with Gasteiger partial charge in [-0.25, -0.2) is 0 Å². The number of rotatable bonds is 8. The Kier molecular flexibility index (Phi) is 8.15. The van der Waals surface area contributed by atoms with Crippen LogP contribution in [0.4, 0.5) is 0 Å². The van der Waals surface area contributed by atoms with Gasteiger partial charge in [-0.2, -0.15) is 0 Å². The van der Waals surface area contributed by atoms with Crippen molar-refractivity contribution < 1.29 is 9.53 Å². The molecular weight excluding hydrogens is 206 g/mol. The molecule has 3 N–H and O–H groups in total. The zero-order chi connectivity index (χ0) is 12.6. The highest BCUT2D eigenvalue weighted by Crippen LogP contribution is 2.01. The molecule has 0 aliphatic heterocycles. The number of nitrogens with one attached hydrogen (secondary N) is 1.